The fourth-order valence-electron chi connectivity index (χ4n) is 0.832. The van der Waals surface area contributed by atoms with Gasteiger partial charge in [-0.2, -0.15) is 0 Å². The zero-order valence-electron chi connectivity index (χ0n) is 7.10. The van der Waals surface area contributed by atoms with Crippen LogP contribution in [0.3, 0.4) is 0 Å². The van der Waals surface area contributed by atoms with Gasteiger partial charge in [0.05, 0.1) is 16.7 Å². The van der Waals surface area contributed by atoms with Gasteiger partial charge in [0.1, 0.15) is 12.0 Å². The minimum atomic E-state index is 0.307. The SMILES string of the molecule is O=CCCOc1cc(Cl)c(Br)cc1Cl. The average Bonchev–Trinajstić information content (AvgIpc) is 2.14. The Bertz CT molecular complexity index is 342. The van der Waals surface area contributed by atoms with Crippen molar-refractivity contribution in [1.29, 1.82) is 0 Å². The molecule has 14 heavy (non-hydrogen) atoms. The molecule has 0 saturated carbocycles. The summed E-state index contributed by atoms with van der Waals surface area (Å²) in [6.45, 7) is 0.307. The Morgan fingerprint density at radius 2 is 2.07 bits per heavy atom. The van der Waals surface area contributed by atoms with Crippen molar-refractivity contribution >= 4 is 45.4 Å². The number of benzene rings is 1. The third kappa shape index (κ3) is 3.15. The Balaban J connectivity index is 2.76. The smallest absolute Gasteiger partial charge is 0.139 e. The van der Waals surface area contributed by atoms with E-state index in [0.29, 0.717) is 33.3 Å². The van der Waals surface area contributed by atoms with Gasteiger partial charge in [0.25, 0.3) is 0 Å². The summed E-state index contributed by atoms with van der Waals surface area (Å²) in [5.41, 5.74) is 0. The Morgan fingerprint density at radius 3 is 2.71 bits per heavy atom. The summed E-state index contributed by atoms with van der Waals surface area (Å²) in [6.07, 6.45) is 1.12. The van der Waals surface area contributed by atoms with Gasteiger partial charge in [-0.1, -0.05) is 23.2 Å². The highest BCUT2D eigenvalue weighted by Crippen LogP contribution is 2.33. The molecule has 0 aliphatic carbocycles. The second-order valence-corrected chi connectivity index (χ2v) is 4.17. The van der Waals surface area contributed by atoms with E-state index in [1.807, 2.05) is 0 Å². The summed E-state index contributed by atoms with van der Waals surface area (Å²) < 4.78 is 5.96. The summed E-state index contributed by atoms with van der Waals surface area (Å²) in [5, 5.41) is 0.989. The quantitative estimate of drug-likeness (QED) is 0.481. The predicted octanol–water partition coefficient (Wildman–Crippen LogP) is 3.72. The highest BCUT2D eigenvalue weighted by Gasteiger charge is 2.06. The predicted molar refractivity (Wildman–Crippen MR) is 60.3 cm³/mol. The van der Waals surface area contributed by atoms with E-state index in [1.165, 1.54) is 0 Å². The number of ether oxygens (including phenoxy) is 1. The Kier molecular flexibility index (Phi) is 4.72. The van der Waals surface area contributed by atoms with Crippen LogP contribution < -0.4 is 4.74 Å². The Hall–Kier alpha value is -0.250. The molecule has 0 aliphatic rings. The van der Waals surface area contributed by atoms with E-state index >= 15 is 0 Å². The summed E-state index contributed by atoms with van der Waals surface area (Å²) in [5.74, 6) is 0.488. The van der Waals surface area contributed by atoms with Crippen molar-refractivity contribution in [3.8, 4) is 5.75 Å². The first kappa shape index (κ1) is 11.8. The molecule has 76 valence electrons. The number of halogens is 3. The number of hydrogen-bond acceptors (Lipinski definition) is 2. The molecule has 0 heterocycles. The van der Waals surface area contributed by atoms with Crippen LogP contribution in [0.1, 0.15) is 6.42 Å². The largest absolute Gasteiger partial charge is 0.492 e. The van der Waals surface area contributed by atoms with Crippen molar-refractivity contribution in [1.82, 2.24) is 0 Å². The molecule has 0 spiro atoms. The van der Waals surface area contributed by atoms with E-state index in [1.54, 1.807) is 12.1 Å². The van der Waals surface area contributed by atoms with Gasteiger partial charge >= 0.3 is 0 Å². The van der Waals surface area contributed by atoms with Crippen LogP contribution in [0.5, 0.6) is 5.75 Å². The van der Waals surface area contributed by atoms with Crippen LogP contribution in [0.15, 0.2) is 16.6 Å². The van der Waals surface area contributed by atoms with Crippen molar-refractivity contribution in [3.05, 3.63) is 26.7 Å². The summed E-state index contributed by atoms with van der Waals surface area (Å²) in [7, 11) is 0. The maximum absolute atomic E-state index is 10.1. The molecule has 0 radical (unpaired) electrons. The molecular formula is C9H7BrCl2O2. The van der Waals surface area contributed by atoms with Crippen molar-refractivity contribution in [2.75, 3.05) is 6.61 Å². The van der Waals surface area contributed by atoms with E-state index in [-0.39, 0.29) is 0 Å². The van der Waals surface area contributed by atoms with Crippen LogP contribution in [0.25, 0.3) is 0 Å². The number of rotatable bonds is 4. The zero-order valence-corrected chi connectivity index (χ0v) is 10.2. The van der Waals surface area contributed by atoms with Crippen LogP contribution in [0, 0.1) is 0 Å². The number of carbonyl (C=O) groups excluding carboxylic acids is 1. The second kappa shape index (κ2) is 5.59. The van der Waals surface area contributed by atoms with Crippen LogP contribution in [0.4, 0.5) is 0 Å². The van der Waals surface area contributed by atoms with E-state index in [0.717, 1.165) is 6.29 Å². The number of aldehydes is 1. The van der Waals surface area contributed by atoms with Gasteiger partial charge in [0, 0.05) is 17.0 Å². The first-order valence-corrected chi connectivity index (χ1v) is 5.41. The molecule has 0 bridgehead atoms. The number of hydrogen-bond donors (Lipinski definition) is 0. The molecule has 0 aromatic heterocycles. The molecule has 0 atom stereocenters. The fourth-order valence-corrected chi connectivity index (χ4v) is 1.68. The Morgan fingerprint density at radius 1 is 1.36 bits per heavy atom. The average molecular weight is 298 g/mol. The molecule has 0 aliphatic heterocycles. The summed E-state index contributed by atoms with van der Waals surface area (Å²) >= 11 is 15.0. The minimum Gasteiger partial charge on any atom is -0.492 e. The second-order valence-electron chi connectivity index (χ2n) is 2.50. The third-order valence-electron chi connectivity index (χ3n) is 1.47. The first-order valence-electron chi connectivity index (χ1n) is 3.86. The van der Waals surface area contributed by atoms with Gasteiger partial charge < -0.3 is 9.53 Å². The fraction of sp³-hybridized carbons (Fsp3) is 0.222. The van der Waals surface area contributed by atoms with Gasteiger partial charge in [0.2, 0.25) is 0 Å². The Labute approximate surface area is 100 Å². The van der Waals surface area contributed by atoms with Crippen LogP contribution in [0.2, 0.25) is 10.0 Å². The maximum Gasteiger partial charge on any atom is 0.139 e. The molecular weight excluding hydrogens is 291 g/mol. The molecule has 0 amide bonds. The number of carbonyl (C=O) groups is 1. The van der Waals surface area contributed by atoms with Gasteiger partial charge in [-0.05, 0) is 22.0 Å². The molecule has 2 nitrogen and oxygen atoms in total. The molecule has 0 unspecified atom stereocenters. The molecule has 1 aromatic rings. The lowest BCUT2D eigenvalue weighted by Crippen LogP contribution is -1.98. The topological polar surface area (TPSA) is 26.3 Å². The standard InChI is InChI=1S/C9H7BrCl2O2/c10-6-4-8(12)9(5-7(6)11)14-3-1-2-13/h2,4-5H,1,3H2. The van der Waals surface area contributed by atoms with Crippen LogP contribution in [-0.2, 0) is 4.79 Å². The molecule has 1 aromatic carbocycles. The lowest BCUT2D eigenvalue weighted by atomic mass is 10.3. The zero-order chi connectivity index (χ0) is 10.6. The van der Waals surface area contributed by atoms with Gasteiger partial charge in [-0.3, -0.25) is 0 Å². The summed E-state index contributed by atoms with van der Waals surface area (Å²) in [4.78, 5) is 10.1. The minimum absolute atomic E-state index is 0.307. The van der Waals surface area contributed by atoms with Crippen molar-refractivity contribution in [2.45, 2.75) is 6.42 Å². The lowest BCUT2D eigenvalue weighted by Gasteiger charge is -2.07. The van der Waals surface area contributed by atoms with Gasteiger partial charge in [-0.15, -0.1) is 0 Å². The van der Waals surface area contributed by atoms with E-state index in [2.05, 4.69) is 15.9 Å². The molecule has 1 rings (SSSR count). The normalized spacial score (nSPS) is 9.93. The highest BCUT2D eigenvalue weighted by molar-refractivity contribution is 9.10. The molecule has 5 heteroatoms. The van der Waals surface area contributed by atoms with E-state index < -0.39 is 0 Å². The highest BCUT2D eigenvalue weighted by atomic mass is 79.9. The van der Waals surface area contributed by atoms with E-state index in [4.69, 9.17) is 27.9 Å². The molecule has 0 fully saturated rings. The summed E-state index contributed by atoms with van der Waals surface area (Å²) in [6, 6.07) is 3.26. The van der Waals surface area contributed by atoms with Crippen LogP contribution in [-0.4, -0.2) is 12.9 Å². The molecule has 0 saturated heterocycles. The van der Waals surface area contributed by atoms with Crippen molar-refractivity contribution in [2.24, 2.45) is 0 Å². The maximum atomic E-state index is 10.1. The van der Waals surface area contributed by atoms with Crippen molar-refractivity contribution in [3.63, 3.8) is 0 Å². The lowest BCUT2D eigenvalue weighted by molar-refractivity contribution is -0.108. The third-order valence-corrected chi connectivity index (χ3v) is 2.96. The first-order chi connectivity index (χ1) is 6.65. The monoisotopic (exact) mass is 296 g/mol. The van der Waals surface area contributed by atoms with Crippen LogP contribution >= 0.6 is 39.1 Å². The van der Waals surface area contributed by atoms with Gasteiger partial charge in [0.15, 0.2) is 0 Å². The molecule has 0 N–H and O–H groups in total. The van der Waals surface area contributed by atoms with E-state index in [9.17, 15) is 4.79 Å². The van der Waals surface area contributed by atoms with Crippen molar-refractivity contribution < 1.29 is 9.53 Å². The van der Waals surface area contributed by atoms with Gasteiger partial charge in [-0.25, -0.2) is 0 Å².